The van der Waals surface area contributed by atoms with Crippen LogP contribution in [0.3, 0.4) is 0 Å². The summed E-state index contributed by atoms with van der Waals surface area (Å²) in [6.45, 7) is 6.21. The summed E-state index contributed by atoms with van der Waals surface area (Å²) in [7, 11) is -3.50. The summed E-state index contributed by atoms with van der Waals surface area (Å²) in [5.41, 5.74) is 4.38. The number of rotatable bonds is 7. The van der Waals surface area contributed by atoms with Crippen LogP contribution in [0.15, 0.2) is 36.7 Å². The lowest BCUT2D eigenvalue weighted by Gasteiger charge is -2.26. The Morgan fingerprint density at radius 1 is 1.19 bits per heavy atom. The number of amides is 1. The molecule has 0 radical (unpaired) electrons. The first-order valence-corrected chi connectivity index (χ1v) is 10.2. The Balaban J connectivity index is 2.09. The van der Waals surface area contributed by atoms with E-state index >= 15 is 0 Å². The van der Waals surface area contributed by atoms with Crippen LogP contribution in [0.5, 0.6) is 0 Å². The zero-order chi connectivity index (χ0) is 19.3. The number of carbonyl (C=O) groups excluding carboxylic acids is 1. The molecule has 2 aromatic rings. The Morgan fingerprint density at radius 2 is 1.85 bits per heavy atom. The second-order valence-electron chi connectivity index (χ2n) is 6.47. The van der Waals surface area contributed by atoms with Crippen molar-refractivity contribution in [3.05, 3.63) is 58.9 Å². The Bertz CT molecular complexity index is 857. The number of anilines is 1. The van der Waals surface area contributed by atoms with Gasteiger partial charge in [0.25, 0.3) is 0 Å². The number of carbonyl (C=O) groups is 1. The van der Waals surface area contributed by atoms with Crippen molar-refractivity contribution >= 4 is 21.6 Å². The third-order valence-corrected chi connectivity index (χ3v) is 5.21. The number of benzene rings is 1. The lowest BCUT2D eigenvalue weighted by molar-refractivity contribution is -0.121. The van der Waals surface area contributed by atoms with E-state index in [0.717, 1.165) is 22.3 Å². The molecule has 7 heteroatoms. The van der Waals surface area contributed by atoms with Gasteiger partial charge in [-0.25, -0.2) is 8.42 Å². The molecule has 0 saturated heterocycles. The minimum atomic E-state index is -3.50. The van der Waals surface area contributed by atoms with Crippen LogP contribution in [0.4, 0.5) is 5.69 Å². The van der Waals surface area contributed by atoms with Crippen molar-refractivity contribution in [3.63, 3.8) is 0 Å². The van der Waals surface area contributed by atoms with Gasteiger partial charge in [-0.1, -0.05) is 23.8 Å². The number of nitrogens with zero attached hydrogens (tertiary/aromatic N) is 2. The Hall–Kier alpha value is -2.41. The molecule has 0 aliphatic rings. The molecule has 0 unspecified atom stereocenters. The maximum absolute atomic E-state index is 12.3. The van der Waals surface area contributed by atoms with Crippen molar-refractivity contribution in [1.29, 1.82) is 0 Å². The summed E-state index contributed by atoms with van der Waals surface area (Å²) in [5, 5.41) is 2.80. The predicted molar refractivity (Wildman–Crippen MR) is 104 cm³/mol. The van der Waals surface area contributed by atoms with E-state index in [2.05, 4.69) is 10.3 Å². The SMILES string of the molecule is Cc1cc(C)c(N(CCC(=O)NCc2cccnc2)S(C)(=O)=O)c(C)c1. The van der Waals surface area contributed by atoms with E-state index in [1.807, 2.05) is 39.0 Å². The van der Waals surface area contributed by atoms with Crippen LogP contribution < -0.4 is 9.62 Å². The molecule has 2 rings (SSSR count). The van der Waals surface area contributed by atoms with Gasteiger partial charge in [0.05, 0.1) is 11.9 Å². The van der Waals surface area contributed by atoms with Crippen molar-refractivity contribution in [2.75, 3.05) is 17.1 Å². The van der Waals surface area contributed by atoms with E-state index in [-0.39, 0.29) is 18.9 Å². The predicted octanol–water partition coefficient (Wildman–Crippen LogP) is 2.48. The summed E-state index contributed by atoms with van der Waals surface area (Å²) in [4.78, 5) is 16.1. The average molecular weight is 375 g/mol. The van der Waals surface area contributed by atoms with Crippen LogP contribution in [0.2, 0.25) is 0 Å². The van der Waals surface area contributed by atoms with E-state index in [1.54, 1.807) is 18.5 Å². The highest BCUT2D eigenvalue weighted by atomic mass is 32.2. The second-order valence-corrected chi connectivity index (χ2v) is 8.38. The molecule has 1 N–H and O–H groups in total. The minimum absolute atomic E-state index is 0.0834. The van der Waals surface area contributed by atoms with Crippen molar-refractivity contribution in [2.45, 2.75) is 33.7 Å². The van der Waals surface area contributed by atoms with Crippen LogP contribution in [-0.4, -0.2) is 32.1 Å². The zero-order valence-corrected chi connectivity index (χ0v) is 16.4. The molecule has 0 bridgehead atoms. The quantitative estimate of drug-likeness (QED) is 0.806. The lowest BCUT2D eigenvalue weighted by atomic mass is 10.1. The molecule has 1 aromatic carbocycles. The number of hydrogen-bond acceptors (Lipinski definition) is 4. The van der Waals surface area contributed by atoms with Gasteiger partial charge in [0.15, 0.2) is 0 Å². The van der Waals surface area contributed by atoms with Crippen molar-refractivity contribution < 1.29 is 13.2 Å². The standard InChI is InChI=1S/C19H25N3O3S/c1-14-10-15(2)19(16(3)11-14)22(26(4,24)25)9-7-18(23)21-13-17-6-5-8-20-12-17/h5-6,8,10-12H,7,9,13H2,1-4H3,(H,21,23). The fraction of sp³-hybridized carbons (Fsp3) is 0.368. The molecule has 0 saturated carbocycles. The van der Waals surface area contributed by atoms with Gasteiger partial charge >= 0.3 is 0 Å². The van der Waals surface area contributed by atoms with Gasteiger partial charge in [-0.05, 0) is 43.5 Å². The summed E-state index contributed by atoms with van der Waals surface area (Å²) in [5.74, 6) is -0.204. The first kappa shape index (κ1) is 19.9. The monoisotopic (exact) mass is 375 g/mol. The van der Waals surface area contributed by atoms with Crippen molar-refractivity contribution in [1.82, 2.24) is 10.3 Å². The van der Waals surface area contributed by atoms with Gasteiger partial charge < -0.3 is 5.32 Å². The van der Waals surface area contributed by atoms with Gasteiger partial charge in [-0.3, -0.25) is 14.1 Å². The molecule has 0 spiro atoms. The first-order valence-electron chi connectivity index (χ1n) is 8.39. The third kappa shape index (κ3) is 5.29. The Labute approximate surface area is 155 Å². The van der Waals surface area contributed by atoms with E-state index < -0.39 is 10.0 Å². The molecule has 0 aliphatic heterocycles. The summed E-state index contributed by atoms with van der Waals surface area (Å²) >= 11 is 0. The summed E-state index contributed by atoms with van der Waals surface area (Å²) in [6.07, 6.45) is 4.60. The number of nitrogens with one attached hydrogen (secondary N) is 1. The molecule has 6 nitrogen and oxygen atoms in total. The number of hydrogen-bond donors (Lipinski definition) is 1. The van der Waals surface area contributed by atoms with Crippen LogP contribution in [0.1, 0.15) is 28.7 Å². The molecular formula is C19H25N3O3S. The first-order chi connectivity index (χ1) is 12.2. The van der Waals surface area contributed by atoms with Crippen molar-refractivity contribution in [2.24, 2.45) is 0 Å². The minimum Gasteiger partial charge on any atom is -0.352 e. The van der Waals surface area contributed by atoms with Gasteiger partial charge in [-0.2, -0.15) is 0 Å². The van der Waals surface area contributed by atoms with Gasteiger partial charge in [0.1, 0.15) is 0 Å². The molecule has 0 fully saturated rings. The summed E-state index contributed by atoms with van der Waals surface area (Å²) < 4.78 is 25.9. The van der Waals surface area contributed by atoms with E-state index in [4.69, 9.17) is 0 Å². The highest BCUT2D eigenvalue weighted by Gasteiger charge is 2.22. The molecule has 26 heavy (non-hydrogen) atoms. The molecule has 1 aromatic heterocycles. The van der Waals surface area contributed by atoms with Gasteiger partial charge in [-0.15, -0.1) is 0 Å². The van der Waals surface area contributed by atoms with Crippen LogP contribution >= 0.6 is 0 Å². The van der Waals surface area contributed by atoms with Gasteiger partial charge in [0, 0.05) is 31.9 Å². The molecule has 140 valence electrons. The number of pyridine rings is 1. The second kappa shape index (κ2) is 8.31. The van der Waals surface area contributed by atoms with E-state index in [1.165, 1.54) is 10.6 Å². The number of aryl methyl sites for hydroxylation is 3. The molecular weight excluding hydrogens is 350 g/mol. The van der Waals surface area contributed by atoms with Crippen LogP contribution in [0, 0.1) is 20.8 Å². The highest BCUT2D eigenvalue weighted by Crippen LogP contribution is 2.28. The maximum Gasteiger partial charge on any atom is 0.232 e. The maximum atomic E-state index is 12.3. The van der Waals surface area contributed by atoms with E-state index in [0.29, 0.717) is 12.2 Å². The van der Waals surface area contributed by atoms with Crippen LogP contribution in [0.25, 0.3) is 0 Å². The van der Waals surface area contributed by atoms with Gasteiger partial charge in [0.2, 0.25) is 15.9 Å². The fourth-order valence-electron chi connectivity index (χ4n) is 3.00. The highest BCUT2D eigenvalue weighted by molar-refractivity contribution is 7.92. The topological polar surface area (TPSA) is 79.4 Å². The molecule has 0 aliphatic carbocycles. The fourth-order valence-corrected chi connectivity index (χ4v) is 4.05. The normalized spacial score (nSPS) is 11.2. The van der Waals surface area contributed by atoms with Crippen molar-refractivity contribution in [3.8, 4) is 0 Å². The Morgan fingerprint density at radius 3 is 2.38 bits per heavy atom. The molecule has 1 amide bonds. The molecule has 0 atom stereocenters. The lowest BCUT2D eigenvalue weighted by Crippen LogP contribution is -2.35. The third-order valence-electron chi connectivity index (χ3n) is 4.04. The van der Waals surface area contributed by atoms with E-state index in [9.17, 15) is 13.2 Å². The smallest absolute Gasteiger partial charge is 0.232 e. The number of aromatic nitrogens is 1. The number of sulfonamides is 1. The Kier molecular flexibility index (Phi) is 6.37. The molecule has 1 heterocycles. The summed E-state index contributed by atoms with van der Waals surface area (Å²) in [6, 6.07) is 7.57. The zero-order valence-electron chi connectivity index (χ0n) is 15.6. The van der Waals surface area contributed by atoms with Crippen LogP contribution in [-0.2, 0) is 21.4 Å². The average Bonchev–Trinajstić information content (AvgIpc) is 2.55. The largest absolute Gasteiger partial charge is 0.352 e.